The lowest BCUT2D eigenvalue weighted by Crippen LogP contribution is -2.43. The van der Waals surface area contributed by atoms with Crippen LogP contribution in [0.3, 0.4) is 0 Å². The molecular formula is C15H24N2S. The fourth-order valence-electron chi connectivity index (χ4n) is 2.56. The van der Waals surface area contributed by atoms with Gasteiger partial charge in [-0.3, -0.25) is 0 Å². The zero-order valence-corrected chi connectivity index (χ0v) is 11.9. The Morgan fingerprint density at radius 1 is 1.17 bits per heavy atom. The van der Waals surface area contributed by atoms with Crippen molar-refractivity contribution in [2.24, 2.45) is 0 Å². The van der Waals surface area contributed by atoms with Crippen LogP contribution in [0.2, 0.25) is 0 Å². The van der Waals surface area contributed by atoms with Crippen molar-refractivity contribution in [1.82, 2.24) is 10.2 Å². The number of nitrogens with one attached hydrogen (secondary N) is 1. The van der Waals surface area contributed by atoms with Crippen molar-refractivity contribution in [2.75, 3.05) is 31.9 Å². The number of piperidine rings is 1. The van der Waals surface area contributed by atoms with E-state index in [-0.39, 0.29) is 0 Å². The van der Waals surface area contributed by atoms with Crippen LogP contribution in [0.4, 0.5) is 0 Å². The average Bonchev–Trinajstić information content (AvgIpc) is 2.45. The highest BCUT2D eigenvalue weighted by molar-refractivity contribution is 7.80. The molecule has 0 saturated carbocycles. The average molecular weight is 264 g/mol. The van der Waals surface area contributed by atoms with Crippen LogP contribution in [0, 0.1) is 0 Å². The molecular weight excluding hydrogens is 240 g/mol. The van der Waals surface area contributed by atoms with E-state index in [9.17, 15) is 0 Å². The second-order valence-corrected chi connectivity index (χ2v) is 5.48. The third kappa shape index (κ3) is 4.63. The van der Waals surface area contributed by atoms with E-state index >= 15 is 0 Å². The summed E-state index contributed by atoms with van der Waals surface area (Å²) >= 11 is 4.24. The zero-order chi connectivity index (χ0) is 12.6. The monoisotopic (exact) mass is 264 g/mol. The molecule has 0 bridgehead atoms. The standard InChI is InChI=1S/C15H24N2S/c18-13-9-16-15-7-11-17(12-8-15)10-6-14-4-2-1-3-5-14/h1-5,15-16,18H,6-13H2. The molecule has 1 aromatic rings. The number of hydrogen-bond acceptors (Lipinski definition) is 3. The van der Waals surface area contributed by atoms with Crippen LogP contribution in [-0.4, -0.2) is 42.9 Å². The van der Waals surface area contributed by atoms with Crippen molar-refractivity contribution >= 4 is 12.6 Å². The van der Waals surface area contributed by atoms with Crippen LogP contribution in [0.1, 0.15) is 18.4 Å². The minimum atomic E-state index is 0.713. The van der Waals surface area contributed by atoms with Crippen molar-refractivity contribution in [3.8, 4) is 0 Å². The van der Waals surface area contributed by atoms with E-state index in [1.807, 2.05) is 0 Å². The van der Waals surface area contributed by atoms with Crippen LogP contribution in [-0.2, 0) is 6.42 Å². The van der Waals surface area contributed by atoms with Gasteiger partial charge in [0.25, 0.3) is 0 Å². The first-order chi connectivity index (χ1) is 8.88. The Bertz CT molecular complexity index is 321. The van der Waals surface area contributed by atoms with Crippen molar-refractivity contribution in [1.29, 1.82) is 0 Å². The summed E-state index contributed by atoms with van der Waals surface area (Å²) in [5.74, 6) is 0.939. The maximum absolute atomic E-state index is 4.24. The van der Waals surface area contributed by atoms with Crippen molar-refractivity contribution in [3.05, 3.63) is 35.9 Å². The summed E-state index contributed by atoms with van der Waals surface area (Å²) < 4.78 is 0. The van der Waals surface area contributed by atoms with Crippen LogP contribution in [0.5, 0.6) is 0 Å². The number of nitrogens with zero attached hydrogens (tertiary/aromatic N) is 1. The fourth-order valence-corrected chi connectivity index (χ4v) is 2.69. The van der Waals surface area contributed by atoms with E-state index in [2.05, 4.69) is 53.2 Å². The smallest absolute Gasteiger partial charge is 0.00917 e. The van der Waals surface area contributed by atoms with Gasteiger partial charge in [0.2, 0.25) is 0 Å². The minimum absolute atomic E-state index is 0.713. The normalized spacial score (nSPS) is 18.1. The molecule has 0 unspecified atom stereocenters. The first-order valence-corrected chi connectivity index (χ1v) is 7.62. The highest BCUT2D eigenvalue weighted by Crippen LogP contribution is 2.11. The fraction of sp³-hybridized carbons (Fsp3) is 0.600. The van der Waals surface area contributed by atoms with Crippen LogP contribution < -0.4 is 5.32 Å². The van der Waals surface area contributed by atoms with Gasteiger partial charge in [-0.2, -0.15) is 12.6 Å². The molecule has 3 heteroatoms. The largest absolute Gasteiger partial charge is 0.313 e. The van der Waals surface area contributed by atoms with Gasteiger partial charge in [0.15, 0.2) is 0 Å². The van der Waals surface area contributed by atoms with E-state index in [1.165, 1.54) is 44.5 Å². The Kier molecular flexibility index (Phi) is 6.05. The predicted molar refractivity (Wildman–Crippen MR) is 81.5 cm³/mol. The molecule has 1 fully saturated rings. The number of thiol groups is 1. The molecule has 0 aromatic heterocycles. The molecule has 1 N–H and O–H groups in total. The molecule has 0 aliphatic carbocycles. The molecule has 100 valence electrons. The summed E-state index contributed by atoms with van der Waals surface area (Å²) in [5, 5.41) is 3.56. The predicted octanol–water partition coefficient (Wildman–Crippen LogP) is 2.21. The third-order valence-corrected chi connectivity index (χ3v) is 3.92. The van der Waals surface area contributed by atoms with Crippen molar-refractivity contribution in [3.63, 3.8) is 0 Å². The SMILES string of the molecule is SCCNC1CCN(CCc2ccccc2)CC1. The van der Waals surface area contributed by atoms with E-state index in [0.29, 0.717) is 6.04 Å². The minimum Gasteiger partial charge on any atom is -0.313 e. The number of likely N-dealkylation sites (tertiary alicyclic amines) is 1. The van der Waals surface area contributed by atoms with Crippen molar-refractivity contribution in [2.45, 2.75) is 25.3 Å². The molecule has 0 amide bonds. The first-order valence-electron chi connectivity index (χ1n) is 6.99. The van der Waals surface area contributed by atoms with Crippen LogP contribution >= 0.6 is 12.6 Å². The van der Waals surface area contributed by atoms with E-state index in [4.69, 9.17) is 0 Å². The summed E-state index contributed by atoms with van der Waals surface area (Å²) in [6, 6.07) is 11.5. The van der Waals surface area contributed by atoms with Crippen molar-refractivity contribution < 1.29 is 0 Å². The van der Waals surface area contributed by atoms with Gasteiger partial charge in [0.05, 0.1) is 0 Å². The number of rotatable bonds is 6. The quantitative estimate of drug-likeness (QED) is 0.766. The van der Waals surface area contributed by atoms with Crippen LogP contribution in [0.25, 0.3) is 0 Å². The van der Waals surface area contributed by atoms with E-state index in [1.54, 1.807) is 0 Å². The summed E-state index contributed by atoms with van der Waals surface area (Å²) in [5.41, 5.74) is 1.45. The highest BCUT2D eigenvalue weighted by Gasteiger charge is 2.17. The molecule has 1 aliphatic heterocycles. The van der Waals surface area contributed by atoms with Gasteiger partial charge < -0.3 is 10.2 Å². The first kappa shape index (κ1) is 13.9. The summed E-state index contributed by atoms with van der Waals surface area (Å²) in [7, 11) is 0. The second kappa shape index (κ2) is 7.82. The number of hydrogen-bond donors (Lipinski definition) is 2. The Labute approximate surface area is 116 Å². The maximum Gasteiger partial charge on any atom is 0.00917 e. The van der Waals surface area contributed by atoms with Gasteiger partial charge in [0.1, 0.15) is 0 Å². The molecule has 0 atom stereocenters. The topological polar surface area (TPSA) is 15.3 Å². The molecule has 2 nitrogen and oxygen atoms in total. The highest BCUT2D eigenvalue weighted by atomic mass is 32.1. The van der Waals surface area contributed by atoms with E-state index < -0.39 is 0 Å². The lowest BCUT2D eigenvalue weighted by molar-refractivity contribution is 0.201. The zero-order valence-electron chi connectivity index (χ0n) is 11.0. The molecule has 1 aromatic carbocycles. The molecule has 1 heterocycles. The number of benzene rings is 1. The van der Waals surface area contributed by atoms with Gasteiger partial charge in [-0.05, 0) is 37.9 Å². The summed E-state index contributed by atoms with van der Waals surface area (Å²) in [6.07, 6.45) is 3.74. The maximum atomic E-state index is 4.24. The van der Waals surface area contributed by atoms with Gasteiger partial charge >= 0.3 is 0 Å². The molecule has 0 spiro atoms. The van der Waals surface area contributed by atoms with Gasteiger partial charge in [-0.15, -0.1) is 0 Å². The summed E-state index contributed by atoms with van der Waals surface area (Å²) in [4.78, 5) is 2.59. The Balaban J connectivity index is 1.65. The Hall–Kier alpha value is -0.510. The Morgan fingerprint density at radius 3 is 2.56 bits per heavy atom. The van der Waals surface area contributed by atoms with Gasteiger partial charge in [-0.25, -0.2) is 0 Å². The Morgan fingerprint density at radius 2 is 1.89 bits per heavy atom. The molecule has 1 saturated heterocycles. The van der Waals surface area contributed by atoms with Gasteiger partial charge in [0, 0.05) is 24.9 Å². The molecule has 18 heavy (non-hydrogen) atoms. The molecule has 1 aliphatic rings. The van der Waals surface area contributed by atoms with Crippen LogP contribution in [0.15, 0.2) is 30.3 Å². The molecule has 2 rings (SSSR count). The lowest BCUT2D eigenvalue weighted by Gasteiger charge is -2.32. The van der Waals surface area contributed by atoms with Gasteiger partial charge in [-0.1, -0.05) is 30.3 Å². The second-order valence-electron chi connectivity index (χ2n) is 5.03. The lowest BCUT2D eigenvalue weighted by atomic mass is 10.0. The summed E-state index contributed by atoms with van der Waals surface area (Å²) in [6.45, 7) is 4.70. The third-order valence-electron chi connectivity index (χ3n) is 3.69. The molecule has 0 radical (unpaired) electrons. The van der Waals surface area contributed by atoms with E-state index in [0.717, 1.165) is 12.3 Å².